The van der Waals surface area contributed by atoms with Crippen LogP contribution in [0.4, 0.5) is 0 Å². The van der Waals surface area contributed by atoms with Gasteiger partial charge in [-0.3, -0.25) is 0 Å². The average Bonchev–Trinajstić information content (AvgIpc) is 2.98. The lowest BCUT2D eigenvalue weighted by Gasteiger charge is -2.16. The zero-order chi connectivity index (χ0) is 15.3. The summed E-state index contributed by atoms with van der Waals surface area (Å²) in [6.45, 7) is 1.19. The minimum absolute atomic E-state index is 0.252. The molecule has 0 aliphatic rings. The van der Waals surface area contributed by atoms with E-state index in [-0.39, 0.29) is 4.90 Å². The SMILES string of the molecule is CN(Cc1cccs1)S(=O)(=O)c1ccc(OCCN)cc1. The highest BCUT2D eigenvalue weighted by atomic mass is 32.2. The maximum atomic E-state index is 12.5. The minimum Gasteiger partial charge on any atom is -0.492 e. The molecule has 0 amide bonds. The number of hydrogen-bond acceptors (Lipinski definition) is 5. The van der Waals surface area contributed by atoms with Crippen LogP contribution in [0.3, 0.4) is 0 Å². The number of thiophene rings is 1. The van der Waals surface area contributed by atoms with Gasteiger partial charge in [-0.1, -0.05) is 6.07 Å². The summed E-state index contributed by atoms with van der Waals surface area (Å²) in [5, 5.41) is 1.93. The van der Waals surface area contributed by atoms with Crippen LogP contribution >= 0.6 is 11.3 Å². The number of nitrogens with zero attached hydrogens (tertiary/aromatic N) is 1. The monoisotopic (exact) mass is 326 g/mol. The zero-order valence-electron chi connectivity index (χ0n) is 11.7. The van der Waals surface area contributed by atoms with Crippen molar-refractivity contribution in [3.63, 3.8) is 0 Å². The normalized spacial score (nSPS) is 11.8. The summed E-state index contributed by atoms with van der Waals surface area (Å²) in [7, 11) is -1.92. The predicted octanol–water partition coefficient (Wildman–Crippen LogP) is 1.91. The van der Waals surface area contributed by atoms with Gasteiger partial charge in [0.15, 0.2) is 0 Å². The number of benzene rings is 1. The molecule has 0 fully saturated rings. The van der Waals surface area contributed by atoms with Crippen LogP contribution in [0.1, 0.15) is 4.88 Å². The lowest BCUT2D eigenvalue weighted by molar-refractivity contribution is 0.328. The van der Waals surface area contributed by atoms with Crippen LogP contribution in [0.2, 0.25) is 0 Å². The first-order valence-electron chi connectivity index (χ1n) is 6.45. The van der Waals surface area contributed by atoms with Gasteiger partial charge < -0.3 is 10.5 Å². The maximum Gasteiger partial charge on any atom is 0.243 e. The van der Waals surface area contributed by atoms with Gasteiger partial charge in [0, 0.05) is 25.0 Å². The van der Waals surface area contributed by atoms with Crippen LogP contribution in [-0.4, -0.2) is 32.9 Å². The van der Waals surface area contributed by atoms with Crippen molar-refractivity contribution in [2.45, 2.75) is 11.4 Å². The van der Waals surface area contributed by atoms with Gasteiger partial charge in [0.25, 0.3) is 0 Å². The summed E-state index contributed by atoms with van der Waals surface area (Å²) in [6.07, 6.45) is 0. The molecule has 2 N–H and O–H groups in total. The van der Waals surface area contributed by atoms with Crippen molar-refractivity contribution in [3.05, 3.63) is 46.7 Å². The largest absolute Gasteiger partial charge is 0.492 e. The molecule has 0 aliphatic carbocycles. The highest BCUT2D eigenvalue weighted by Crippen LogP contribution is 2.21. The second-order valence-corrected chi connectivity index (χ2v) is 7.53. The van der Waals surface area contributed by atoms with Crippen LogP contribution in [0.25, 0.3) is 0 Å². The van der Waals surface area contributed by atoms with Gasteiger partial charge in [-0.2, -0.15) is 4.31 Å². The predicted molar refractivity (Wildman–Crippen MR) is 84.0 cm³/mol. The lowest BCUT2D eigenvalue weighted by Crippen LogP contribution is -2.26. The van der Waals surface area contributed by atoms with Crippen LogP contribution < -0.4 is 10.5 Å². The highest BCUT2D eigenvalue weighted by molar-refractivity contribution is 7.89. The van der Waals surface area contributed by atoms with E-state index in [1.54, 1.807) is 31.3 Å². The number of rotatable bonds is 7. The third kappa shape index (κ3) is 4.04. The molecule has 0 unspecified atom stereocenters. The molecule has 5 nitrogen and oxygen atoms in total. The van der Waals surface area contributed by atoms with E-state index in [1.807, 2.05) is 17.5 Å². The molecule has 0 saturated heterocycles. The van der Waals surface area contributed by atoms with E-state index >= 15 is 0 Å². The third-order valence-electron chi connectivity index (χ3n) is 2.88. The van der Waals surface area contributed by atoms with Gasteiger partial charge >= 0.3 is 0 Å². The summed E-state index contributed by atoms with van der Waals surface area (Å²) in [4.78, 5) is 1.26. The Labute approximate surface area is 129 Å². The van der Waals surface area contributed by atoms with Gasteiger partial charge in [-0.25, -0.2) is 8.42 Å². The summed E-state index contributed by atoms with van der Waals surface area (Å²) in [6, 6.07) is 10.2. The fraction of sp³-hybridized carbons (Fsp3) is 0.286. The van der Waals surface area contributed by atoms with Crippen molar-refractivity contribution in [3.8, 4) is 5.75 Å². The minimum atomic E-state index is -3.49. The molecule has 114 valence electrons. The lowest BCUT2D eigenvalue weighted by atomic mass is 10.3. The molecule has 21 heavy (non-hydrogen) atoms. The van der Waals surface area contributed by atoms with Crippen molar-refractivity contribution in [1.29, 1.82) is 0 Å². The molecule has 1 heterocycles. The van der Waals surface area contributed by atoms with Crippen molar-refractivity contribution >= 4 is 21.4 Å². The fourth-order valence-corrected chi connectivity index (χ4v) is 3.76. The molecular weight excluding hydrogens is 308 g/mol. The average molecular weight is 326 g/mol. The van der Waals surface area contributed by atoms with Crippen LogP contribution in [0.5, 0.6) is 5.75 Å². The summed E-state index contributed by atoms with van der Waals surface area (Å²) in [5.74, 6) is 0.611. The molecular formula is C14H18N2O3S2. The number of ether oxygens (including phenoxy) is 1. The van der Waals surface area contributed by atoms with Crippen molar-refractivity contribution < 1.29 is 13.2 Å². The first kappa shape index (κ1) is 16.0. The molecule has 0 bridgehead atoms. The van der Waals surface area contributed by atoms with Gasteiger partial charge in [-0.15, -0.1) is 11.3 Å². The van der Waals surface area contributed by atoms with Gasteiger partial charge in [0.05, 0.1) is 4.90 Å². The van der Waals surface area contributed by atoms with E-state index in [4.69, 9.17) is 10.5 Å². The molecule has 0 spiro atoms. The second-order valence-electron chi connectivity index (χ2n) is 4.45. The molecule has 1 aromatic heterocycles. The Bertz CT molecular complexity index is 652. The van der Waals surface area contributed by atoms with E-state index < -0.39 is 10.0 Å². The quantitative estimate of drug-likeness (QED) is 0.843. The van der Waals surface area contributed by atoms with E-state index in [9.17, 15) is 8.42 Å². The Hall–Kier alpha value is -1.41. The maximum absolute atomic E-state index is 12.5. The van der Waals surface area contributed by atoms with E-state index in [0.717, 1.165) is 4.88 Å². The highest BCUT2D eigenvalue weighted by Gasteiger charge is 2.21. The molecule has 1 aromatic carbocycles. The van der Waals surface area contributed by atoms with Crippen molar-refractivity contribution in [2.75, 3.05) is 20.2 Å². The Kier molecular flexibility index (Phi) is 5.35. The van der Waals surface area contributed by atoms with Gasteiger partial charge in [-0.05, 0) is 35.7 Å². The molecule has 0 saturated carbocycles. The Balaban J connectivity index is 2.11. The Morgan fingerprint density at radius 3 is 2.52 bits per heavy atom. The zero-order valence-corrected chi connectivity index (χ0v) is 13.4. The molecule has 2 rings (SSSR count). The summed E-state index contributed by atoms with van der Waals surface area (Å²) in [5.41, 5.74) is 5.35. The Morgan fingerprint density at radius 1 is 1.24 bits per heavy atom. The number of nitrogens with two attached hydrogens (primary N) is 1. The van der Waals surface area contributed by atoms with Crippen LogP contribution in [-0.2, 0) is 16.6 Å². The van der Waals surface area contributed by atoms with E-state index in [0.29, 0.717) is 25.4 Å². The molecule has 0 radical (unpaired) electrons. The van der Waals surface area contributed by atoms with Gasteiger partial charge in [0.1, 0.15) is 12.4 Å². The fourth-order valence-electron chi connectivity index (χ4n) is 1.77. The van der Waals surface area contributed by atoms with Gasteiger partial charge in [0.2, 0.25) is 10.0 Å². The second kappa shape index (κ2) is 7.04. The Morgan fingerprint density at radius 2 is 1.95 bits per heavy atom. The first-order valence-corrected chi connectivity index (χ1v) is 8.77. The molecule has 0 aliphatic heterocycles. The van der Waals surface area contributed by atoms with E-state index in [2.05, 4.69) is 0 Å². The molecule has 0 atom stereocenters. The number of hydrogen-bond donors (Lipinski definition) is 1. The standard InChI is InChI=1S/C14H18N2O3S2/c1-16(11-13-3-2-10-20-13)21(17,18)14-6-4-12(5-7-14)19-9-8-15/h2-7,10H,8-9,11,15H2,1H3. The molecule has 2 aromatic rings. The van der Waals surface area contributed by atoms with Crippen molar-refractivity contribution in [2.24, 2.45) is 5.73 Å². The molecule has 7 heteroatoms. The van der Waals surface area contributed by atoms with Crippen LogP contribution in [0.15, 0.2) is 46.7 Å². The van der Waals surface area contributed by atoms with E-state index in [1.165, 1.54) is 15.6 Å². The summed E-state index contributed by atoms with van der Waals surface area (Å²) >= 11 is 1.54. The van der Waals surface area contributed by atoms with Crippen LogP contribution in [0, 0.1) is 0 Å². The first-order chi connectivity index (χ1) is 10.0. The third-order valence-corrected chi connectivity index (χ3v) is 5.56. The smallest absolute Gasteiger partial charge is 0.243 e. The summed E-state index contributed by atoms with van der Waals surface area (Å²) < 4.78 is 31.6. The number of sulfonamides is 1. The topological polar surface area (TPSA) is 72.6 Å². The van der Waals surface area contributed by atoms with Crippen molar-refractivity contribution in [1.82, 2.24) is 4.31 Å².